The van der Waals surface area contributed by atoms with Gasteiger partial charge in [-0.05, 0) is 57.5 Å². The summed E-state index contributed by atoms with van der Waals surface area (Å²) in [6.07, 6.45) is 0.0557. The van der Waals surface area contributed by atoms with Crippen molar-refractivity contribution < 1.29 is 19.1 Å². The standard InChI is InChI=1S/C23H26N2O4/c1-5-25-22(26)20(16-10-12-18(13-11-16)29-15(3)4)21(23(25)27)24-17-8-7-9-19(14-17)28-6-2/h7-15,24H,5-6H2,1-4H3. The van der Waals surface area contributed by atoms with E-state index in [2.05, 4.69) is 5.32 Å². The van der Waals surface area contributed by atoms with Gasteiger partial charge in [-0.2, -0.15) is 0 Å². The molecule has 3 rings (SSSR count). The van der Waals surface area contributed by atoms with E-state index in [4.69, 9.17) is 9.47 Å². The Morgan fingerprint density at radius 1 is 0.966 bits per heavy atom. The van der Waals surface area contributed by atoms with Crippen LogP contribution in [0.3, 0.4) is 0 Å². The molecule has 2 aromatic carbocycles. The Morgan fingerprint density at radius 3 is 2.31 bits per heavy atom. The number of carbonyl (C=O) groups is 2. The van der Waals surface area contributed by atoms with Crippen LogP contribution < -0.4 is 14.8 Å². The maximum Gasteiger partial charge on any atom is 0.278 e. The molecule has 0 unspecified atom stereocenters. The quantitative estimate of drug-likeness (QED) is 0.683. The number of ether oxygens (including phenoxy) is 2. The number of hydrogen-bond donors (Lipinski definition) is 1. The first-order valence-electron chi connectivity index (χ1n) is 9.82. The first-order valence-corrected chi connectivity index (χ1v) is 9.82. The first-order chi connectivity index (χ1) is 13.9. The average Bonchev–Trinajstić information content (AvgIpc) is 2.92. The molecule has 0 bridgehead atoms. The molecule has 152 valence electrons. The number of amides is 2. The van der Waals surface area contributed by atoms with Gasteiger partial charge >= 0.3 is 0 Å². The predicted molar refractivity (Wildman–Crippen MR) is 113 cm³/mol. The molecule has 0 atom stereocenters. The minimum atomic E-state index is -0.336. The fourth-order valence-electron chi connectivity index (χ4n) is 3.19. The highest BCUT2D eigenvalue weighted by Gasteiger charge is 2.38. The SMILES string of the molecule is CCOc1cccc(NC2=C(c3ccc(OC(C)C)cc3)C(=O)N(CC)C2=O)c1. The van der Waals surface area contributed by atoms with Gasteiger partial charge in [-0.1, -0.05) is 18.2 Å². The van der Waals surface area contributed by atoms with Gasteiger partial charge in [0.05, 0.1) is 18.3 Å². The molecule has 1 N–H and O–H groups in total. The number of hydrogen-bond acceptors (Lipinski definition) is 5. The second kappa shape index (κ2) is 8.82. The number of anilines is 1. The Morgan fingerprint density at radius 2 is 1.69 bits per heavy atom. The van der Waals surface area contributed by atoms with E-state index in [1.165, 1.54) is 4.90 Å². The summed E-state index contributed by atoms with van der Waals surface area (Å²) in [6, 6.07) is 14.5. The van der Waals surface area contributed by atoms with E-state index < -0.39 is 0 Å². The fourth-order valence-corrected chi connectivity index (χ4v) is 3.19. The zero-order chi connectivity index (χ0) is 21.0. The summed E-state index contributed by atoms with van der Waals surface area (Å²) in [5.74, 6) is 0.765. The molecule has 2 amide bonds. The smallest absolute Gasteiger partial charge is 0.278 e. The van der Waals surface area contributed by atoms with Gasteiger partial charge in [-0.25, -0.2) is 0 Å². The van der Waals surface area contributed by atoms with E-state index in [9.17, 15) is 9.59 Å². The van der Waals surface area contributed by atoms with Crippen molar-refractivity contribution in [3.05, 3.63) is 59.8 Å². The lowest BCUT2D eigenvalue weighted by molar-refractivity contribution is -0.136. The second-order valence-corrected chi connectivity index (χ2v) is 6.88. The number of benzene rings is 2. The van der Waals surface area contributed by atoms with Gasteiger partial charge in [0.1, 0.15) is 17.2 Å². The molecule has 29 heavy (non-hydrogen) atoms. The molecule has 0 saturated carbocycles. The highest BCUT2D eigenvalue weighted by atomic mass is 16.5. The lowest BCUT2D eigenvalue weighted by Gasteiger charge is -2.12. The Labute approximate surface area is 171 Å². The number of rotatable bonds is 8. The lowest BCUT2D eigenvalue weighted by atomic mass is 10.0. The highest BCUT2D eigenvalue weighted by Crippen LogP contribution is 2.32. The van der Waals surface area contributed by atoms with Crippen LogP contribution in [0.25, 0.3) is 5.57 Å². The lowest BCUT2D eigenvalue weighted by Crippen LogP contribution is -2.32. The van der Waals surface area contributed by atoms with Crippen LogP contribution in [0, 0.1) is 0 Å². The van der Waals surface area contributed by atoms with Gasteiger partial charge in [0.25, 0.3) is 11.8 Å². The zero-order valence-corrected chi connectivity index (χ0v) is 17.2. The maximum absolute atomic E-state index is 12.9. The highest BCUT2D eigenvalue weighted by molar-refractivity contribution is 6.36. The normalized spacial score (nSPS) is 14.0. The predicted octanol–water partition coefficient (Wildman–Crippen LogP) is 4.08. The van der Waals surface area contributed by atoms with Crippen molar-refractivity contribution in [2.24, 2.45) is 0 Å². The number of imide groups is 1. The van der Waals surface area contributed by atoms with Crippen LogP contribution in [0.2, 0.25) is 0 Å². The number of likely N-dealkylation sites (N-methyl/N-ethyl adjacent to an activating group) is 1. The monoisotopic (exact) mass is 394 g/mol. The van der Waals surface area contributed by atoms with Crippen molar-refractivity contribution in [1.82, 2.24) is 4.90 Å². The maximum atomic E-state index is 12.9. The van der Waals surface area contributed by atoms with E-state index >= 15 is 0 Å². The van der Waals surface area contributed by atoms with Crippen molar-refractivity contribution in [1.29, 1.82) is 0 Å². The number of carbonyl (C=O) groups excluding carboxylic acids is 2. The van der Waals surface area contributed by atoms with Gasteiger partial charge in [-0.15, -0.1) is 0 Å². The summed E-state index contributed by atoms with van der Waals surface area (Å²) in [5.41, 5.74) is 1.97. The molecule has 1 aliphatic rings. The van der Waals surface area contributed by atoms with Crippen molar-refractivity contribution in [3.8, 4) is 11.5 Å². The van der Waals surface area contributed by atoms with Gasteiger partial charge < -0.3 is 14.8 Å². The molecule has 0 aliphatic carbocycles. The van der Waals surface area contributed by atoms with Gasteiger partial charge in [0, 0.05) is 18.3 Å². The van der Waals surface area contributed by atoms with Crippen molar-refractivity contribution >= 4 is 23.1 Å². The molecule has 0 aromatic heterocycles. The third kappa shape index (κ3) is 4.42. The molecule has 6 nitrogen and oxygen atoms in total. The van der Waals surface area contributed by atoms with Crippen LogP contribution in [-0.4, -0.2) is 36.0 Å². The van der Waals surface area contributed by atoms with Crippen molar-refractivity contribution in [3.63, 3.8) is 0 Å². The molecule has 0 fully saturated rings. The zero-order valence-electron chi connectivity index (χ0n) is 17.2. The molecule has 0 spiro atoms. The first kappa shape index (κ1) is 20.5. The summed E-state index contributed by atoms with van der Waals surface area (Å²) < 4.78 is 11.2. The molecule has 2 aromatic rings. The summed E-state index contributed by atoms with van der Waals surface area (Å²) >= 11 is 0. The van der Waals surface area contributed by atoms with Crippen molar-refractivity contribution in [2.45, 2.75) is 33.8 Å². The minimum Gasteiger partial charge on any atom is -0.494 e. The van der Waals surface area contributed by atoms with E-state index in [0.717, 1.165) is 0 Å². The summed E-state index contributed by atoms with van der Waals surface area (Å²) in [5, 5.41) is 3.14. The third-order valence-corrected chi connectivity index (χ3v) is 4.41. The molecule has 1 heterocycles. The summed E-state index contributed by atoms with van der Waals surface area (Å²) in [7, 11) is 0. The number of nitrogens with one attached hydrogen (secondary N) is 1. The van der Waals surface area contributed by atoms with Crippen LogP contribution in [0.5, 0.6) is 11.5 Å². The van der Waals surface area contributed by atoms with E-state index in [1.54, 1.807) is 25.1 Å². The van der Waals surface area contributed by atoms with Crippen molar-refractivity contribution in [2.75, 3.05) is 18.5 Å². The van der Waals surface area contributed by atoms with E-state index in [0.29, 0.717) is 41.5 Å². The Bertz CT molecular complexity index is 932. The molecule has 0 radical (unpaired) electrons. The van der Waals surface area contributed by atoms with Crippen LogP contribution in [0.15, 0.2) is 54.2 Å². The van der Waals surface area contributed by atoms with Crippen LogP contribution >= 0.6 is 0 Å². The van der Waals surface area contributed by atoms with Crippen LogP contribution in [0.1, 0.15) is 33.3 Å². The number of nitrogens with zero attached hydrogens (tertiary/aromatic N) is 1. The topological polar surface area (TPSA) is 67.9 Å². The van der Waals surface area contributed by atoms with E-state index in [-0.39, 0.29) is 23.6 Å². The van der Waals surface area contributed by atoms with E-state index in [1.807, 2.05) is 51.1 Å². The molecule has 1 aliphatic heterocycles. The van der Waals surface area contributed by atoms with Crippen LogP contribution in [0.4, 0.5) is 5.69 Å². The van der Waals surface area contributed by atoms with Gasteiger partial charge in [0.2, 0.25) is 0 Å². The molecule has 6 heteroatoms. The van der Waals surface area contributed by atoms with Gasteiger partial charge in [0.15, 0.2) is 0 Å². The minimum absolute atomic E-state index is 0.0557. The molecule has 0 saturated heterocycles. The largest absolute Gasteiger partial charge is 0.494 e. The average molecular weight is 394 g/mol. The molecular formula is C23H26N2O4. The Hall–Kier alpha value is -3.28. The van der Waals surface area contributed by atoms with Crippen LogP contribution in [-0.2, 0) is 9.59 Å². The summed E-state index contributed by atoms with van der Waals surface area (Å²) in [4.78, 5) is 27.1. The Balaban J connectivity index is 1.99. The third-order valence-electron chi connectivity index (χ3n) is 4.41. The van der Waals surface area contributed by atoms with Gasteiger partial charge in [-0.3, -0.25) is 14.5 Å². The Kier molecular flexibility index (Phi) is 6.22. The second-order valence-electron chi connectivity index (χ2n) is 6.88. The fraction of sp³-hybridized carbons (Fsp3) is 0.304. The summed E-state index contributed by atoms with van der Waals surface area (Å²) in [6.45, 7) is 8.45. The molecular weight excluding hydrogens is 368 g/mol.